The summed E-state index contributed by atoms with van der Waals surface area (Å²) in [5.74, 6) is 0.147. The average molecular weight is 427 g/mol. The van der Waals surface area contributed by atoms with Gasteiger partial charge in [-0.05, 0) is 50.8 Å². The molecule has 0 aliphatic carbocycles. The number of nitrogens with zero attached hydrogens (tertiary/aromatic N) is 1. The minimum Gasteiger partial charge on any atom is -0.394 e. The van der Waals surface area contributed by atoms with E-state index in [1.54, 1.807) is 0 Å². The van der Waals surface area contributed by atoms with Crippen LogP contribution in [0.15, 0.2) is 13.6 Å². The second-order valence-corrected chi connectivity index (χ2v) is 8.48. The Morgan fingerprint density at radius 1 is 1.45 bits per heavy atom. The van der Waals surface area contributed by atoms with Crippen LogP contribution in [0.5, 0.6) is 0 Å². The van der Waals surface area contributed by atoms with Gasteiger partial charge in [0.05, 0.1) is 33.4 Å². The van der Waals surface area contributed by atoms with E-state index in [2.05, 4.69) is 36.8 Å². The van der Waals surface area contributed by atoms with E-state index in [0.29, 0.717) is 13.2 Å². The van der Waals surface area contributed by atoms with Gasteiger partial charge in [0, 0.05) is 18.7 Å². The summed E-state index contributed by atoms with van der Waals surface area (Å²) in [5.41, 5.74) is 0.750. The number of hydrogen-bond acceptors (Lipinski definition) is 5. The average Bonchev–Trinajstić information content (AvgIpc) is 2.77. The Morgan fingerprint density at radius 3 is 2.70 bits per heavy atom. The molecule has 0 spiro atoms. The highest BCUT2D eigenvalue weighted by molar-refractivity contribution is 9.12. The molecule has 20 heavy (non-hydrogen) atoms. The van der Waals surface area contributed by atoms with Crippen molar-refractivity contribution in [3.63, 3.8) is 0 Å². The van der Waals surface area contributed by atoms with Gasteiger partial charge in [-0.2, -0.15) is 0 Å². The van der Waals surface area contributed by atoms with E-state index in [9.17, 15) is 4.79 Å². The number of ether oxygens (including phenoxy) is 1. The first-order valence-electron chi connectivity index (χ1n) is 6.53. The third-order valence-electron chi connectivity index (χ3n) is 3.30. The zero-order valence-corrected chi connectivity index (χ0v) is 15.0. The van der Waals surface area contributed by atoms with Crippen LogP contribution in [0.25, 0.3) is 0 Å². The predicted octanol–water partition coefficient (Wildman–Crippen LogP) is 2.93. The lowest BCUT2D eigenvalue weighted by Crippen LogP contribution is -2.40. The van der Waals surface area contributed by atoms with Gasteiger partial charge in [-0.3, -0.25) is 9.69 Å². The van der Waals surface area contributed by atoms with Gasteiger partial charge in [-0.15, -0.1) is 11.3 Å². The highest BCUT2D eigenvalue weighted by Crippen LogP contribution is 2.32. The van der Waals surface area contributed by atoms with E-state index in [4.69, 9.17) is 9.84 Å². The topological polar surface area (TPSA) is 49.8 Å². The minimum atomic E-state index is 0.0692. The highest BCUT2D eigenvalue weighted by Gasteiger charge is 2.23. The quantitative estimate of drug-likeness (QED) is 0.710. The molecular formula is C13H17Br2NO3S. The summed E-state index contributed by atoms with van der Waals surface area (Å²) in [6.45, 7) is 2.66. The molecule has 7 heteroatoms. The third-order valence-corrected chi connectivity index (χ3v) is 5.64. The number of thiophene rings is 1. The molecule has 2 heterocycles. The third kappa shape index (κ3) is 4.61. The Morgan fingerprint density at radius 2 is 2.15 bits per heavy atom. The normalized spacial score (nSPS) is 17.6. The van der Waals surface area contributed by atoms with Gasteiger partial charge in [0.2, 0.25) is 0 Å². The summed E-state index contributed by atoms with van der Waals surface area (Å²) in [4.78, 5) is 14.4. The van der Waals surface area contributed by atoms with Crippen molar-refractivity contribution in [2.24, 2.45) is 0 Å². The Labute approximate surface area is 139 Å². The number of rotatable bonds is 6. The summed E-state index contributed by atoms with van der Waals surface area (Å²) in [7, 11) is 0. The smallest absolute Gasteiger partial charge is 0.178 e. The van der Waals surface area contributed by atoms with E-state index in [1.165, 1.54) is 11.3 Å². The van der Waals surface area contributed by atoms with E-state index in [-0.39, 0.29) is 18.5 Å². The molecule has 1 aromatic rings. The maximum atomic E-state index is 12.3. The fourth-order valence-electron chi connectivity index (χ4n) is 2.27. The number of likely N-dealkylation sites (tertiary alicyclic amines) is 1. The number of carbonyl (C=O) groups excluding carboxylic acids is 1. The van der Waals surface area contributed by atoms with Crippen molar-refractivity contribution in [1.82, 2.24) is 4.90 Å². The highest BCUT2D eigenvalue weighted by atomic mass is 79.9. The molecule has 0 saturated carbocycles. The molecule has 0 unspecified atom stereocenters. The number of carbonyl (C=O) groups is 1. The second-order valence-electron chi connectivity index (χ2n) is 4.73. The van der Waals surface area contributed by atoms with Crippen molar-refractivity contribution in [2.75, 3.05) is 32.8 Å². The Hall–Kier alpha value is 0.210. The van der Waals surface area contributed by atoms with Crippen LogP contribution in [0.4, 0.5) is 0 Å². The van der Waals surface area contributed by atoms with Gasteiger partial charge in [-0.1, -0.05) is 0 Å². The van der Waals surface area contributed by atoms with Crippen LogP contribution in [0.2, 0.25) is 0 Å². The number of ketones is 1. The number of aliphatic hydroxyl groups excluding tert-OH is 1. The van der Waals surface area contributed by atoms with Crippen LogP contribution >= 0.6 is 43.2 Å². The monoisotopic (exact) mass is 425 g/mol. The SMILES string of the molecule is O=C(CN1CCC(OCCO)CC1)c1cc(Br)sc1Br. The zero-order valence-electron chi connectivity index (χ0n) is 11.0. The van der Waals surface area contributed by atoms with E-state index < -0.39 is 0 Å². The Bertz CT molecular complexity index is 458. The lowest BCUT2D eigenvalue weighted by molar-refractivity contribution is -0.00689. The Kier molecular flexibility index (Phi) is 6.64. The van der Waals surface area contributed by atoms with Gasteiger partial charge in [0.15, 0.2) is 5.78 Å². The zero-order chi connectivity index (χ0) is 14.5. The molecule has 1 aliphatic rings. The van der Waals surface area contributed by atoms with Crippen molar-refractivity contribution >= 4 is 49.0 Å². The van der Waals surface area contributed by atoms with Crippen molar-refractivity contribution in [2.45, 2.75) is 18.9 Å². The fraction of sp³-hybridized carbons (Fsp3) is 0.615. The van der Waals surface area contributed by atoms with E-state index >= 15 is 0 Å². The van der Waals surface area contributed by atoms with Gasteiger partial charge in [-0.25, -0.2) is 0 Å². The standard InChI is InChI=1S/C13H17Br2NO3S/c14-12-7-10(13(15)20-12)11(18)8-16-3-1-9(2-4-16)19-6-5-17/h7,9,17H,1-6,8H2. The molecule has 1 saturated heterocycles. The number of aliphatic hydroxyl groups is 1. The lowest BCUT2D eigenvalue weighted by atomic mass is 10.1. The van der Waals surface area contributed by atoms with Crippen molar-refractivity contribution < 1.29 is 14.6 Å². The molecule has 2 rings (SSSR count). The molecule has 1 N–H and O–H groups in total. The van der Waals surface area contributed by atoms with Crippen molar-refractivity contribution in [3.8, 4) is 0 Å². The van der Waals surface area contributed by atoms with Crippen LogP contribution in [0.1, 0.15) is 23.2 Å². The Balaban J connectivity index is 1.80. The minimum absolute atomic E-state index is 0.0692. The first-order valence-corrected chi connectivity index (χ1v) is 8.93. The van der Waals surface area contributed by atoms with Gasteiger partial charge in [0.1, 0.15) is 0 Å². The summed E-state index contributed by atoms with van der Waals surface area (Å²) in [6.07, 6.45) is 2.05. The number of halogens is 2. The number of piperidine rings is 1. The molecule has 1 aromatic heterocycles. The molecular weight excluding hydrogens is 410 g/mol. The molecule has 0 aromatic carbocycles. The molecule has 1 fully saturated rings. The van der Waals surface area contributed by atoms with Crippen molar-refractivity contribution in [3.05, 3.63) is 19.2 Å². The van der Waals surface area contributed by atoms with Gasteiger partial charge in [0.25, 0.3) is 0 Å². The number of Topliss-reactive ketones (excluding diaryl/α,β-unsaturated/α-hetero) is 1. The summed E-state index contributed by atoms with van der Waals surface area (Å²) in [6, 6.07) is 1.87. The summed E-state index contributed by atoms with van der Waals surface area (Å²) < 4.78 is 7.37. The first kappa shape index (κ1) is 16.6. The molecule has 0 radical (unpaired) electrons. The predicted molar refractivity (Wildman–Crippen MR) is 86.5 cm³/mol. The molecule has 0 amide bonds. The van der Waals surface area contributed by atoms with Crippen LogP contribution < -0.4 is 0 Å². The van der Waals surface area contributed by atoms with E-state index in [0.717, 1.165) is 39.1 Å². The summed E-state index contributed by atoms with van der Waals surface area (Å²) >= 11 is 8.34. The fourth-order valence-corrected chi connectivity index (χ4v) is 5.13. The molecule has 0 atom stereocenters. The van der Waals surface area contributed by atoms with Crippen LogP contribution in [0.3, 0.4) is 0 Å². The number of hydrogen-bond donors (Lipinski definition) is 1. The second kappa shape index (κ2) is 8.00. The van der Waals surface area contributed by atoms with Crippen LogP contribution in [-0.2, 0) is 4.74 Å². The largest absolute Gasteiger partial charge is 0.394 e. The van der Waals surface area contributed by atoms with Gasteiger partial charge < -0.3 is 9.84 Å². The maximum absolute atomic E-state index is 12.3. The molecule has 112 valence electrons. The molecule has 4 nitrogen and oxygen atoms in total. The lowest BCUT2D eigenvalue weighted by Gasteiger charge is -2.31. The van der Waals surface area contributed by atoms with Crippen LogP contribution in [-0.4, -0.2) is 54.7 Å². The summed E-state index contributed by atoms with van der Waals surface area (Å²) in [5, 5.41) is 8.73. The first-order chi connectivity index (χ1) is 9.60. The molecule has 0 bridgehead atoms. The maximum Gasteiger partial charge on any atom is 0.178 e. The van der Waals surface area contributed by atoms with Crippen LogP contribution in [0, 0.1) is 0 Å². The van der Waals surface area contributed by atoms with Crippen molar-refractivity contribution in [1.29, 1.82) is 0 Å². The molecule has 1 aliphatic heterocycles. The van der Waals surface area contributed by atoms with E-state index in [1.807, 2.05) is 6.07 Å². The van der Waals surface area contributed by atoms with Gasteiger partial charge >= 0.3 is 0 Å².